The van der Waals surface area contributed by atoms with E-state index in [2.05, 4.69) is 15.3 Å². The van der Waals surface area contributed by atoms with Crippen molar-refractivity contribution in [2.45, 2.75) is 37.8 Å². The van der Waals surface area contributed by atoms with Crippen molar-refractivity contribution in [2.24, 2.45) is 5.41 Å². The summed E-state index contributed by atoms with van der Waals surface area (Å²) in [6.07, 6.45) is 0. The van der Waals surface area contributed by atoms with Crippen LogP contribution in [0, 0.1) is 12.3 Å². The third kappa shape index (κ3) is 4.20. The number of thioether (sulfide) groups is 1. The van der Waals surface area contributed by atoms with Gasteiger partial charge in [-0.1, -0.05) is 32.5 Å². The average molecular weight is 429 g/mol. The van der Waals surface area contributed by atoms with Gasteiger partial charge in [0.25, 0.3) is 5.56 Å². The number of carbonyl (C=O) groups is 1. The van der Waals surface area contributed by atoms with Gasteiger partial charge in [0.2, 0.25) is 5.91 Å². The van der Waals surface area contributed by atoms with Gasteiger partial charge in [0.15, 0.2) is 9.99 Å². The van der Waals surface area contributed by atoms with Crippen LogP contribution in [0.2, 0.25) is 0 Å². The van der Waals surface area contributed by atoms with E-state index in [0.29, 0.717) is 22.9 Å². The van der Waals surface area contributed by atoms with Gasteiger partial charge in [-0.05, 0) is 25.1 Å². The first-order chi connectivity index (χ1) is 13.7. The highest BCUT2D eigenvalue weighted by molar-refractivity contribution is 8.00. The summed E-state index contributed by atoms with van der Waals surface area (Å²) >= 11 is 3.07. The Bertz CT molecular complexity index is 1280. The normalized spacial score (nSPS) is 12.0. The molecule has 3 heterocycles. The van der Waals surface area contributed by atoms with Crippen LogP contribution in [-0.4, -0.2) is 20.4 Å². The largest absolute Gasteiger partial charge is 0.375 e. The number of nitrogens with one attached hydrogen (secondary N) is 1. The average Bonchev–Trinajstić information content (AvgIpc) is 3.21. The number of carbonyl (C=O) groups excluding carboxylic acids is 1. The van der Waals surface area contributed by atoms with E-state index in [-0.39, 0.29) is 11.5 Å². The third-order valence-electron chi connectivity index (χ3n) is 4.18. The molecule has 1 amide bonds. The maximum Gasteiger partial charge on any atom is 0.287 e. The van der Waals surface area contributed by atoms with Crippen molar-refractivity contribution >= 4 is 50.6 Å². The Morgan fingerprint density at radius 1 is 1.24 bits per heavy atom. The Morgan fingerprint density at radius 2 is 2.03 bits per heavy atom. The Hall–Kier alpha value is -2.65. The molecule has 0 bridgehead atoms. The second kappa shape index (κ2) is 7.31. The van der Waals surface area contributed by atoms with Crippen LogP contribution in [0.15, 0.2) is 44.0 Å². The van der Waals surface area contributed by atoms with Crippen molar-refractivity contribution in [3.63, 3.8) is 0 Å². The van der Waals surface area contributed by atoms with E-state index in [4.69, 9.17) is 4.52 Å². The molecule has 0 aliphatic carbocycles. The minimum atomic E-state index is -0.454. The maximum atomic E-state index is 12.2. The Labute approximate surface area is 175 Å². The first kappa shape index (κ1) is 19.7. The van der Waals surface area contributed by atoms with Crippen LogP contribution < -0.4 is 10.9 Å². The molecule has 4 rings (SSSR count). The lowest BCUT2D eigenvalue weighted by molar-refractivity contribution is -0.123. The summed E-state index contributed by atoms with van der Waals surface area (Å²) in [5.41, 5.74) is 2.13. The molecule has 150 valence electrons. The zero-order valence-corrected chi connectivity index (χ0v) is 18.1. The molecule has 0 saturated heterocycles. The van der Waals surface area contributed by atoms with Crippen LogP contribution in [0.1, 0.15) is 32.2 Å². The number of aromatic nitrogens is 3. The summed E-state index contributed by atoms with van der Waals surface area (Å²) in [5.74, 6) is 1.14. The zero-order valence-electron chi connectivity index (χ0n) is 16.5. The third-order valence-corrected chi connectivity index (χ3v) is 6.37. The highest BCUT2D eigenvalue weighted by atomic mass is 32.2. The van der Waals surface area contributed by atoms with Gasteiger partial charge in [0.05, 0.1) is 15.9 Å². The Balaban J connectivity index is 1.51. The van der Waals surface area contributed by atoms with Crippen molar-refractivity contribution in [3.05, 3.63) is 52.1 Å². The maximum absolute atomic E-state index is 12.2. The van der Waals surface area contributed by atoms with Gasteiger partial charge >= 0.3 is 0 Å². The number of benzene rings is 1. The van der Waals surface area contributed by atoms with Gasteiger partial charge in [0.1, 0.15) is 5.76 Å². The summed E-state index contributed by atoms with van der Waals surface area (Å²) in [6, 6.07) is 8.92. The number of thiazole rings is 1. The summed E-state index contributed by atoms with van der Waals surface area (Å²) in [6.45, 7) is 7.42. The molecule has 0 aliphatic rings. The van der Waals surface area contributed by atoms with Crippen LogP contribution >= 0.6 is 23.1 Å². The van der Waals surface area contributed by atoms with Crippen molar-refractivity contribution < 1.29 is 9.32 Å². The fourth-order valence-corrected chi connectivity index (χ4v) is 4.65. The topological polar surface area (TPSA) is 89.5 Å². The number of aryl methyl sites for hydroxylation is 1. The second-order valence-electron chi connectivity index (χ2n) is 7.74. The molecule has 4 aromatic rings. The van der Waals surface area contributed by atoms with Crippen LogP contribution in [0.5, 0.6) is 0 Å². The molecule has 0 atom stereocenters. The zero-order chi connectivity index (χ0) is 20.8. The monoisotopic (exact) mass is 428 g/mol. The van der Waals surface area contributed by atoms with E-state index in [1.165, 1.54) is 22.4 Å². The van der Waals surface area contributed by atoms with E-state index in [9.17, 15) is 9.59 Å². The van der Waals surface area contributed by atoms with Crippen LogP contribution in [0.4, 0.5) is 5.69 Å². The molecular formula is C20H20N4O3S2. The quantitative estimate of drug-likeness (QED) is 0.482. The molecule has 3 aromatic heterocycles. The van der Waals surface area contributed by atoms with Crippen molar-refractivity contribution in [2.75, 3.05) is 5.32 Å². The molecule has 1 N–H and O–H groups in total. The summed E-state index contributed by atoms with van der Waals surface area (Å²) in [5, 5.41) is 2.94. The predicted molar refractivity (Wildman–Crippen MR) is 116 cm³/mol. The molecule has 9 heteroatoms. The lowest BCUT2D eigenvalue weighted by Gasteiger charge is -2.17. The summed E-state index contributed by atoms with van der Waals surface area (Å²) in [7, 11) is 0. The lowest BCUT2D eigenvalue weighted by Crippen LogP contribution is -2.27. The van der Waals surface area contributed by atoms with E-state index in [1.807, 2.05) is 39.0 Å². The molecule has 0 spiro atoms. The Kier molecular flexibility index (Phi) is 4.95. The molecular weight excluding hydrogens is 408 g/mol. The van der Waals surface area contributed by atoms with Crippen molar-refractivity contribution in [3.8, 4) is 0 Å². The van der Waals surface area contributed by atoms with E-state index >= 15 is 0 Å². The van der Waals surface area contributed by atoms with Gasteiger partial charge in [-0.15, -0.1) is 15.9 Å². The van der Waals surface area contributed by atoms with Crippen molar-refractivity contribution in [1.29, 1.82) is 0 Å². The van der Waals surface area contributed by atoms with Crippen LogP contribution in [0.3, 0.4) is 0 Å². The number of hydrogen-bond acceptors (Lipinski definition) is 7. The molecule has 1 aromatic carbocycles. The molecule has 7 nitrogen and oxygen atoms in total. The number of nitrogens with zero attached hydrogens (tertiary/aromatic N) is 3. The van der Waals surface area contributed by atoms with E-state index in [1.54, 1.807) is 24.3 Å². The number of anilines is 1. The number of amides is 1. The van der Waals surface area contributed by atoms with Crippen LogP contribution in [-0.2, 0) is 10.5 Å². The van der Waals surface area contributed by atoms with Crippen LogP contribution in [0.25, 0.3) is 15.9 Å². The first-order valence-corrected chi connectivity index (χ1v) is 10.8. The molecule has 29 heavy (non-hydrogen) atoms. The van der Waals surface area contributed by atoms with Gasteiger partial charge in [-0.3, -0.25) is 9.59 Å². The minimum absolute atomic E-state index is 0.0294. The molecule has 0 saturated carbocycles. The summed E-state index contributed by atoms with van der Waals surface area (Å²) < 4.78 is 8.37. The van der Waals surface area contributed by atoms with Crippen molar-refractivity contribution in [1.82, 2.24) is 14.5 Å². The number of fused-ring (bicyclic) bond motifs is 2. The molecule has 0 unspecified atom stereocenters. The number of rotatable bonds is 4. The van der Waals surface area contributed by atoms with Gasteiger partial charge in [-0.2, -0.15) is 0 Å². The molecule has 0 radical (unpaired) electrons. The van der Waals surface area contributed by atoms with E-state index < -0.39 is 5.41 Å². The Morgan fingerprint density at radius 3 is 2.79 bits per heavy atom. The fourth-order valence-electron chi connectivity index (χ4n) is 2.64. The minimum Gasteiger partial charge on any atom is -0.375 e. The molecule has 0 fully saturated rings. The standard InChI is InChI=1S/C20H20N4O3S2/c1-11-7-16-21-13(9-17(25)24(16)27-11)10-28-19-23-14-6-5-12(8-15(14)29-19)22-18(26)20(2,3)4/h5-9H,10H2,1-4H3,(H,22,26). The fraction of sp³-hybridized carbons (Fsp3) is 0.300. The highest BCUT2D eigenvalue weighted by Gasteiger charge is 2.21. The molecule has 0 aliphatic heterocycles. The predicted octanol–water partition coefficient (Wildman–Crippen LogP) is 4.48. The smallest absolute Gasteiger partial charge is 0.287 e. The van der Waals surface area contributed by atoms with Gasteiger partial charge in [-0.25, -0.2) is 9.97 Å². The van der Waals surface area contributed by atoms with Gasteiger partial charge in [0, 0.05) is 29.0 Å². The summed E-state index contributed by atoms with van der Waals surface area (Å²) in [4.78, 5) is 33.4. The first-order valence-electron chi connectivity index (χ1n) is 9.03. The SMILES string of the molecule is Cc1cc2nc(CSc3nc4ccc(NC(=O)C(C)(C)C)cc4s3)cc(=O)n2o1. The number of hydrogen-bond donors (Lipinski definition) is 1. The van der Waals surface area contributed by atoms with E-state index in [0.717, 1.165) is 20.2 Å². The highest BCUT2D eigenvalue weighted by Crippen LogP contribution is 2.33. The van der Waals surface area contributed by atoms with Gasteiger partial charge < -0.3 is 9.84 Å². The second-order valence-corrected chi connectivity index (χ2v) is 9.99. The lowest BCUT2D eigenvalue weighted by atomic mass is 9.95.